The zero-order chi connectivity index (χ0) is 31.3. The molecule has 13 nitrogen and oxygen atoms in total. The molecule has 0 aromatic heterocycles. The Balaban J connectivity index is 2.12. The normalized spacial score (nSPS) is 13.3. The molecule has 1 aliphatic rings. The standard InChI is InChI=1S/C29H48N6O7/c1-21(36)33-25(35-19-22-10-11-24(18-23(22)20-35)39-16-17-40-30)34(14-8-12-31-26(37)41-28(2,3)4)15-9-13-32-27(38)42-29(5,6)7/h10-11,18H,8-9,12-17,19-20,30H2,1-7H3,(H,31,37)(H,32,38). The molecule has 236 valence electrons. The lowest BCUT2D eigenvalue weighted by Gasteiger charge is -2.32. The number of fused-ring (bicyclic) bond motifs is 1. The highest BCUT2D eigenvalue weighted by Gasteiger charge is 2.27. The van der Waals surface area contributed by atoms with E-state index < -0.39 is 23.4 Å². The highest BCUT2D eigenvalue weighted by atomic mass is 16.6. The van der Waals surface area contributed by atoms with E-state index in [2.05, 4.69) is 20.5 Å². The van der Waals surface area contributed by atoms with Crippen molar-refractivity contribution in [2.75, 3.05) is 39.4 Å². The minimum absolute atomic E-state index is 0.277. The van der Waals surface area contributed by atoms with E-state index >= 15 is 0 Å². The highest BCUT2D eigenvalue weighted by Crippen LogP contribution is 2.28. The van der Waals surface area contributed by atoms with Crippen molar-refractivity contribution < 1.29 is 33.4 Å². The molecule has 0 aliphatic carbocycles. The van der Waals surface area contributed by atoms with Crippen LogP contribution in [0.25, 0.3) is 0 Å². The van der Waals surface area contributed by atoms with Crippen molar-refractivity contribution in [2.45, 2.75) is 85.6 Å². The second kappa shape index (κ2) is 16.2. The van der Waals surface area contributed by atoms with Crippen LogP contribution >= 0.6 is 0 Å². The molecule has 0 saturated carbocycles. The van der Waals surface area contributed by atoms with Crippen molar-refractivity contribution in [2.24, 2.45) is 10.9 Å². The van der Waals surface area contributed by atoms with Gasteiger partial charge in [-0.25, -0.2) is 15.5 Å². The number of nitrogens with zero attached hydrogens (tertiary/aromatic N) is 3. The van der Waals surface area contributed by atoms with E-state index in [0.717, 1.165) is 11.1 Å². The van der Waals surface area contributed by atoms with Crippen LogP contribution in [0.4, 0.5) is 9.59 Å². The number of nitrogens with one attached hydrogen (secondary N) is 2. The Morgan fingerprint density at radius 2 is 1.45 bits per heavy atom. The molecule has 0 fully saturated rings. The fraction of sp³-hybridized carbons (Fsp3) is 0.655. The third-order valence-electron chi connectivity index (χ3n) is 5.74. The van der Waals surface area contributed by atoms with Crippen LogP contribution in [0.15, 0.2) is 23.2 Å². The predicted octanol–water partition coefficient (Wildman–Crippen LogP) is 3.31. The lowest BCUT2D eigenvalue weighted by atomic mass is 10.1. The summed E-state index contributed by atoms with van der Waals surface area (Å²) in [6.45, 7) is 15.7. The molecule has 0 bridgehead atoms. The van der Waals surface area contributed by atoms with Gasteiger partial charge in [-0.1, -0.05) is 6.07 Å². The van der Waals surface area contributed by atoms with Gasteiger partial charge in [0.15, 0.2) is 0 Å². The largest absolute Gasteiger partial charge is 0.491 e. The van der Waals surface area contributed by atoms with Gasteiger partial charge in [0.1, 0.15) is 30.2 Å². The first-order valence-corrected chi connectivity index (χ1v) is 14.3. The summed E-state index contributed by atoms with van der Waals surface area (Å²) >= 11 is 0. The van der Waals surface area contributed by atoms with Gasteiger partial charge in [-0.05, 0) is 77.6 Å². The maximum Gasteiger partial charge on any atom is 0.407 e. The van der Waals surface area contributed by atoms with Crippen molar-refractivity contribution in [3.05, 3.63) is 29.3 Å². The molecule has 1 heterocycles. The topological polar surface area (TPSA) is 157 Å². The van der Waals surface area contributed by atoms with Crippen LogP contribution in [0, 0.1) is 0 Å². The van der Waals surface area contributed by atoms with Crippen LogP contribution in [-0.2, 0) is 32.2 Å². The first kappa shape index (κ1) is 34.6. The van der Waals surface area contributed by atoms with Gasteiger partial charge in [0.25, 0.3) is 0 Å². The molecule has 1 aromatic rings. The first-order valence-electron chi connectivity index (χ1n) is 14.3. The average Bonchev–Trinajstić information content (AvgIpc) is 3.27. The van der Waals surface area contributed by atoms with Gasteiger partial charge >= 0.3 is 12.2 Å². The van der Waals surface area contributed by atoms with Gasteiger partial charge in [-0.15, -0.1) is 0 Å². The van der Waals surface area contributed by atoms with Crippen molar-refractivity contribution in [1.29, 1.82) is 0 Å². The molecule has 1 aliphatic heterocycles. The second-order valence-electron chi connectivity index (χ2n) is 12.0. The van der Waals surface area contributed by atoms with E-state index in [9.17, 15) is 14.4 Å². The van der Waals surface area contributed by atoms with Gasteiger partial charge < -0.3 is 39.5 Å². The van der Waals surface area contributed by atoms with E-state index in [1.807, 2.05) is 69.5 Å². The number of guanidine groups is 1. The number of alkyl carbamates (subject to hydrolysis) is 2. The van der Waals surface area contributed by atoms with Crippen LogP contribution in [0.1, 0.15) is 72.4 Å². The summed E-state index contributed by atoms with van der Waals surface area (Å²) in [5, 5.41) is 5.55. The van der Waals surface area contributed by atoms with E-state index in [1.54, 1.807) is 0 Å². The molecule has 0 atom stereocenters. The van der Waals surface area contributed by atoms with Crippen molar-refractivity contribution in [3.8, 4) is 5.75 Å². The molecule has 1 aromatic carbocycles. The molecule has 0 unspecified atom stereocenters. The molecule has 2 rings (SSSR count). The maximum atomic E-state index is 12.3. The number of rotatable bonds is 12. The minimum Gasteiger partial charge on any atom is -0.491 e. The number of hydrogen-bond acceptors (Lipinski definition) is 8. The molecule has 3 amide bonds. The van der Waals surface area contributed by atoms with E-state index in [0.29, 0.717) is 70.4 Å². The summed E-state index contributed by atoms with van der Waals surface area (Å²) in [5.74, 6) is 6.00. The van der Waals surface area contributed by atoms with Crippen molar-refractivity contribution >= 4 is 24.1 Å². The lowest BCUT2D eigenvalue weighted by molar-refractivity contribution is -0.115. The number of carbonyl (C=O) groups excluding carboxylic acids is 3. The lowest BCUT2D eigenvalue weighted by Crippen LogP contribution is -2.45. The predicted molar refractivity (Wildman–Crippen MR) is 159 cm³/mol. The average molecular weight is 593 g/mol. The van der Waals surface area contributed by atoms with Crippen LogP contribution in [-0.4, -0.2) is 84.4 Å². The maximum absolute atomic E-state index is 12.3. The molecule has 42 heavy (non-hydrogen) atoms. The van der Waals surface area contributed by atoms with Crippen LogP contribution in [0.3, 0.4) is 0 Å². The number of nitrogens with two attached hydrogens (primary N) is 1. The molecular formula is C29H48N6O7. The summed E-state index contributed by atoms with van der Waals surface area (Å²) in [4.78, 5) is 49.5. The summed E-state index contributed by atoms with van der Waals surface area (Å²) in [6, 6.07) is 5.86. The van der Waals surface area contributed by atoms with Gasteiger partial charge in [0, 0.05) is 46.2 Å². The number of amides is 3. The van der Waals surface area contributed by atoms with Gasteiger partial charge in [0.2, 0.25) is 11.9 Å². The molecule has 13 heteroatoms. The van der Waals surface area contributed by atoms with Crippen LogP contribution in [0.5, 0.6) is 5.75 Å². The molecule has 0 radical (unpaired) electrons. The number of hydrogen-bond donors (Lipinski definition) is 3. The van der Waals surface area contributed by atoms with Crippen molar-refractivity contribution in [3.63, 3.8) is 0 Å². The van der Waals surface area contributed by atoms with E-state index in [1.165, 1.54) is 6.92 Å². The zero-order valence-corrected chi connectivity index (χ0v) is 26.1. The minimum atomic E-state index is -0.591. The fourth-order valence-corrected chi connectivity index (χ4v) is 4.15. The van der Waals surface area contributed by atoms with E-state index in [4.69, 9.17) is 20.1 Å². The molecular weight excluding hydrogens is 544 g/mol. The Bertz CT molecular complexity index is 1050. The molecule has 0 saturated heterocycles. The summed E-state index contributed by atoms with van der Waals surface area (Å²) < 4.78 is 16.3. The zero-order valence-electron chi connectivity index (χ0n) is 26.1. The molecule has 0 spiro atoms. The van der Waals surface area contributed by atoms with Crippen LogP contribution < -0.4 is 21.3 Å². The Morgan fingerprint density at radius 3 is 1.95 bits per heavy atom. The van der Waals surface area contributed by atoms with Crippen molar-refractivity contribution in [1.82, 2.24) is 20.4 Å². The number of benzene rings is 1. The third kappa shape index (κ3) is 13.4. The van der Waals surface area contributed by atoms with Gasteiger partial charge in [0.05, 0.1) is 0 Å². The van der Waals surface area contributed by atoms with Gasteiger partial charge in [-0.2, -0.15) is 4.99 Å². The number of carbonyl (C=O) groups is 3. The summed E-state index contributed by atoms with van der Waals surface area (Å²) in [5.41, 5.74) is 0.987. The molecule has 4 N–H and O–H groups in total. The van der Waals surface area contributed by atoms with Gasteiger partial charge in [-0.3, -0.25) is 4.79 Å². The summed E-state index contributed by atoms with van der Waals surface area (Å²) in [7, 11) is 0. The number of aliphatic imine (C=N–C) groups is 1. The first-order chi connectivity index (χ1) is 19.7. The SMILES string of the molecule is CC(=O)N=C(N(CCCNC(=O)OC(C)(C)C)CCCNC(=O)OC(C)(C)C)N1Cc2ccc(OCCON)cc2C1. The third-order valence-corrected chi connectivity index (χ3v) is 5.74. The van der Waals surface area contributed by atoms with Crippen LogP contribution in [0.2, 0.25) is 0 Å². The Kier molecular flexibility index (Phi) is 13.3. The Labute approximate surface area is 249 Å². The Morgan fingerprint density at radius 1 is 0.905 bits per heavy atom. The summed E-state index contributed by atoms with van der Waals surface area (Å²) in [6.07, 6.45) is 0.188. The highest BCUT2D eigenvalue weighted by molar-refractivity contribution is 5.92. The Hall–Kier alpha value is -3.58. The van der Waals surface area contributed by atoms with E-state index in [-0.39, 0.29) is 12.5 Å². The number of ether oxygens (including phenoxy) is 3. The smallest absolute Gasteiger partial charge is 0.407 e. The monoisotopic (exact) mass is 592 g/mol. The quantitative estimate of drug-likeness (QED) is 0.142. The second-order valence-corrected chi connectivity index (χ2v) is 12.0. The fourth-order valence-electron chi connectivity index (χ4n) is 4.15.